The lowest BCUT2D eigenvalue weighted by Gasteiger charge is -2.33. The summed E-state index contributed by atoms with van der Waals surface area (Å²) in [6.45, 7) is 5.98. The molecule has 3 nitrogen and oxygen atoms in total. The Hall–Kier alpha value is -2.91. The van der Waals surface area contributed by atoms with E-state index in [0.717, 1.165) is 16.7 Å². The zero-order chi connectivity index (χ0) is 20.1. The van der Waals surface area contributed by atoms with Crippen LogP contribution in [0.3, 0.4) is 0 Å². The summed E-state index contributed by atoms with van der Waals surface area (Å²) in [6.07, 6.45) is 1.66. The van der Waals surface area contributed by atoms with Crippen molar-refractivity contribution in [2.24, 2.45) is 4.99 Å². The second-order valence-corrected chi connectivity index (χ2v) is 7.39. The molecular weight excluding hydrogens is 346 g/mol. The van der Waals surface area contributed by atoms with Gasteiger partial charge >= 0.3 is 0 Å². The highest BCUT2D eigenvalue weighted by molar-refractivity contribution is 5.84. The maximum absolute atomic E-state index is 11.7. The Bertz CT molecular complexity index is 894. The molecule has 0 saturated heterocycles. The molecule has 1 unspecified atom stereocenters. The summed E-state index contributed by atoms with van der Waals surface area (Å²) >= 11 is 0. The van der Waals surface area contributed by atoms with Crippen LogP contribution in [0, 0.1) is 0 Å². The van der Waals surface area contributed by atoms with Gasteiger partial charge in [0, 0.05) is 11.8 Å². The van der Waals surface area contributed by atoms with Gasteiger partial charge in [-0.2, -0.15) is 0 Å². The van der Waals surface area contributed by atoms with Crippen molar-refractivity contribution in [2.75, 3.05) is 0 Å². The monoisotopic (exact) mass is 373 g/mol. The van der Waals surface area contributed by atoms with Crippen LogP contribution in [0.5, 0.6) is 5.75 Å². The van der Waals surface area contributed by atoms with Crippen LogP contribution >= 0.6 is 0 Å². The molecule has 28 heavy (non-hydrogen) atoms. The standard InChI is InChI=1S/C25H27NO2/c1-18(2)23-16-10-11-20(24(23)27)17-26-19(3)25(28,21-12-6-4-7-13-21)22-14-8-5-9-15-22/h4-19,27-28H,1-3H3. The molecule has 1 atom stereocenters. The first-order chi connectivity index (χ1) is 13.4. The number of phenols is 1. The first-order valence-electron chi connectivity index (χ1n) is 9.63. The van der Waals surface area contributed by atoms with Crippen LogP contribution in [0.1, 0.15) is 48.9 Å². The van der Waals surface area contributed by atoms with Gasteiger partial charge in [0.15, 0.2) is 0 Å². The van der Waals surface area contributed by atoms with Crippen LogP contribution in [0.4, 0.5) is 0 Å². The molecule has 0 aliphatic rings. The highest BCUT2D eigenvalue weighted by Crippen LogP contribution is 2.35. The minimum absolute atomic E-state index is 0.219. The number of aromatic hydroxyl groups is 1. The largest absolute Gasteiger partial charge is 0.507 e. The molecule has 0 aliphatic heterocycles. The second kappa shape index (κ2) is 8.41. The summed E-state index contributed by atoms with van der Waals surface area (Å²) in [5.74, 6) is 0.466. The average molecular weight is 373 g/mol. The van der Waals surface area contributed by atoms with E-state index in [4.69, 9.17) is 0 Å². The SMILES string of the molecule is CC(C)c1cccc(C=NC(C)C(O)(c2ccccc2)c2ccccc2)c1O. The number of aliphatic imine (C=N–C) groups is 1. The number of aliphatic hydroxyl groups is 1. The van der Waals surface area contributed by atoms with Crippen molar-refractivity contribution in [3.8, 4) is 5.75 Å². The molecule has 144 valence electrons. The number of benzene rings is 3. The summed E-state index contributed by atoms with van der Waals surface area (Å²) in [6, 6.07) is 24.4. The fourth-order valence-corrected chi connectivity index (χ4v) is 3.48. The predicted octanol–water partition coefficient (Wildman–Crippen LogP) is 5.26. The minimum Gasteiger partial charge on any atom is -0.507 e. The molecule has 0 aliphatic carbocycles. The third kappa shape index (κ3) is 3.85. The minimum atomic E-state index is -1.27. The van der Waals surface area contributed by atoms with Gasteiger partial charge in [0.2, 0.25) is 0 Å². The van der Waals surface area contributed by atoms with Crippen molar-refractivity contribution < 1.29 is 10.2 Å². The Morgan fingerprint density at radius 3 is 1.82 bits per heavy atom. The van der Waals surface area contributed by atoms with Crippen molar-refractivity contribution >= 4 is 6.21 Å². The first-order valence-corrected chi connectivity index (χ1v) is 9.63. The molecular formula is C25H27NO2. The van der Waals surface area contributed by atoms with E-state index in [1.807, 2.05) is 99.6 Å². The Balaban J connectivity index is 2.01. The second-order valence-electron chi connectivity index (χ2n) is 7.39. The van der Waals surface area contributed by atoms with E-state index in [-0.39, 0.29) is 11.7 Å². The molecule has 3 rings (SSSR count). The maximum atomic E-state index is 11.7. The van der Waals surface area contributed by atoms with Crippen molar-refractivity contribution in [3.63, 3.8) is 0 Å². The van der Waals surface area contributed by atoms with Crippen molar-refractivity contribution in [1.82, 2.24) is 0 Å². The van der Waals surface area contributed by atoms with Crippen LogP contribution in [0.2, 0.25) is 0 Å². The third-order valence-electron chi connectivity index (χ3n) is 5.19. The summed E-state index contributed by atoms with van der Waals surface area (Å²) in [4.78, 5) is 4.65. The number of hydrogen-bond acceptors (Lipinski definition) is 3. The zero-order valence-electron chi connectivity index (χ0n) is 16.6. The fraction of sp³-hybridized carbons (Fsp3) is 0.240. The molecule has 3 aromatic carbocycles. The van der Waals surface area contributed by atoms with E-state index in [2.05, 4.69) is 4.99 Å². The lowest BCUT2D eigenvalue weighted by atomic mass is 9.81. The van der Waals surface area contributed by atoms with Crippen LogP contribution in [0.15, 0.2) is 83.9 Å². The van der Waals surface area contributed by atoms with Crippen LogP contribution in [0.25, 0.3) is 0 Å². The van der Waals surface area contributed by atoms with E-state index < -0.39 is 11.6 Å². The molecule has 0 spiro atoms. The van der Waals surface area contributed by atoms with Gasteiger partial charge in [-0.15, -0.1) is 0 Å². The zero-order valence-corrected chi connectivity index (χ0v) is 16.6. The van der Waals surface area contributed by atoms with Crippen LogP contribution in [-0.4, -0.2) is 22.5 Å². The topological polar surface area (TPSA) is 52.8 Å². The van der Waals surface area contributed by atoms with Gasteiger partial charge in [0.05, 0.1) is 6.04 Å². The maximum Gasteiger partial charge on any atom is 0.137 e. The number of phenolic OH excluding ortho intramolecular Hbond substituents is 1. The highest BCUT2D eigenvalue weighted by Gasteiger charge is 2.37. The van der Waals surface area contributed by atoms with E-state index in [1.165, 1.54) is 0 Å². The molecule has 0 amide bonds. The number of rotatable bonds is 6. The van der Waals surface area contributed by atoms with Crippen LogP contribution < -0.4 is 0 Å². The molecule has 0 heterocycles. The summed E-state index contributed by atoms with van der Waals surface area (Å²) < 4.78 is 0. The lowest BCUT2D eigenvalue weighted by molar-refractivity contribution is 0.0589. The summed E-state index contributed by atoms with van der Waals surface area (Å²) in [7, 11) is 0. The van der Waals surface area contributed by atoms with Gasteiger partial charge in [0.1, 0.15) is 11.4 Å². The number of nitrogens with zero attached hydrogens (tertiary/aromatic N) is 1. The van der Waals surface area contributed by atoms with E-state index in [1.54, 1.807) is 6.21 Å². The quantitative estimate of drug-likeness (QED) is 0.579. The van der Waals surface area contributed by atoms with E-state index >= 15 is 0 Å². The summed E-state index contributed by atoms with van der Waals surface area (Å²) in [5, 5.41) is 22.3. The molecule has 0 saturated carbocycles. The first kappa shape index (κ1) is 19.8. The smallest absolute Gasteiger partial charge is 0.137 e. The number of hydrogen-bond donors (Lipinski definition) is 2. The van der Waals surface area contributed by atoms with Gasteiger partial charge in [-0.1, -0.05) is 86.6 Å². The average Bonchev–Trinajstić information content (AvgIpc) is 2.73. The summed E-state index contributed by atoms with van der Waals surface area (Å²) in [5.41, 5.74) is 1.83. The van der Waals surface area contributed by atoms with Gasteiger partial charge in [-0.3, -0.25) is 4.99 Å². The van der Waals surface area contributed by atoms with Crippen molar-refractivity contribution in [2.45, 2.75) is 38.3 Å². The Kier molecular flexibility index (Phi) is 5.96. The third-order valence-corrected chi connectivity index (χ3v) is 5.19. The van der Waals surface area contributed by atoms with Gasteiger partial charge in [-0.05, 0) is 35.6 Å². The number of para-hydroxylation sites is 1. The molecule has 0 aromatic heterocycles. The molecule has 0 bridgehead atoms. The normalized spacial score (nSPS) is 13.2. The van der Waals surface area contributed by atoms with Gasteiger partial charge < -0.3 is 10.2 Å². The van der Waals surface area contributed by atoms with Gasteiger partial charge in [0.25, 0.3) is 0 Å². The molecule has 2 N–H and O–H groups in total. The molecule has 0 radical (unpaired) electrons. The van der Waals surface area contributed by atoms with E-state index in [0.29, 0.717) is 5.56 Å². The molecule has 3 aromatic rings. The Morgan fingerprint density at radius 1 is 0.786 bits per heavy atom. The van der Waals surface area contributed by atoms with Gasteiger partial charge in [-0.25, -0.2) is 0 Å². The fourth-order valence-electron chi connectivity index (χ4n) is 3.48. The highest BCUT2D eigenvalue weighted by atomic mass is 16.3. The van der Waals surface area contributed by atoms with Crippen molar-refractivity contribution in [3.05, 3.63) is 101 Å². The van der Waals surface area contributed by atoms with Crippen molar-refractivity contribution in [1.29, 1.82) is 0 Å². The molecule has 0 fully saturated rings. The Morgan fingerprint density at radius 2 is 1.32 bits per heavy atom. The molecule has 3 heteroatoms. The van der Waals surface area contributed by atoms with Crippen LogP contribution in [-0.2, 0) is 5.60 Å². The lowest BCUT2D eigenvalue weighted by Crippen LogP contribution is -2.38. The predicted molar refractivity (Wildman–Crippen MR) is 115 cm³/mol. The van der Waals surface area contributed by atoms with E-state index in [9.17, 15) is 10.2 Å². The Labute approximate surface area is 167 Å².